The smallest absolute Gasteiger partial charge is 0.240 e. The lowest BCUT2D eigenvalue weighted by Gasteiger charge is -2.13. The first-order valence-corrected chi connectivity index (χ1v) is 6.25. The molecule has 2 aromatic rings. The summed E-state index contributed by atoms with van der Waals surface area (Å²) in [5.74, 6) is -0.366. The van der Waals surface area contributed by atoms with E-state index in [2.05, 4.69) is 0 Å². The number of thiophene rings is 1. The lowest BCUT2D eigenvalue weighted by Crippen LogP contribution is -2.25. The number of hydrogen-bond acceptors (Lipinski definition) is 3. The third kappa shape index (κ3) is 2.19. The van der Waals surface area contributed by atoms with E-state index < -0.39 is 11.9 Å². The number of nitrogens with zero attached hydrogens (tertiary/aromatic N) is 1. The van der Waals surface area contributed by atoms with E-state index in [1.807, 2.05) is 24.4 Å². The average Bonchev–Trinajstić information content (AvgIpc) is 2.89. The Morgan fingerprint density at radius 1 is 1.65 bits per heavy atom. The van der Waals surface area contributed by atoms with Gasteiger partial charge in [-0.3, -0.25) is 4.79 Å². The van der Waals surface area contributed by atoms with Crippen molar-refractivity contribution in [3.05, 3.63) is 29.8 Å². The van der Waals surface area contributed by atoms with Crippen LogP contribution in [0.1, 0.15) is 19.4 Å². The van der Waals surface area contributed by atoms with Crippen molar-refractivity contribution in [2.24, 2.45) is 5.73 Å². The molecule has 2 heterocycles. The van der Waals surface area contributed by atoms with E-state index in [1.165, 1.54) is 4.57 Å². The maximum atomic E-state index is 11.3. The number of aromatic hydroxyl groups is 1. The molecular weight excluding hydrogens is 236 g/mol. The second kappa shape index (κ2) is 4.63. The summed E-state index contributed by atoms with van der Waals surface area (Å²) < 4.78 is 1.53. The average molecular weight is 250 g/mol. The minimum Gasteiger partial charge on any atom is -0.494 e. The molecule has 0 spiro atoms. The summed E-state index contributed by atoms with van der Waals surface area (Å²) in [4.78, 5) is 12.3. The third-order valence-corrected chi connectivity index (χ3v) is 3.60. The van der Waals surface area contributed by atoms with Crippen LogP contribution in [0.3, 0.4) is 0 Å². The molecule has 3 N–H and O–H groups in total. The highest BCUT2D eigenvalue weighted by atomic mass is 32.1. The zero-order chi connectivity index (χ0) is 12.4. The zero-order valence-corrected chi connectivity index (χ0v) is 10.3. The molecule has 0 aromatic carbocycles. The molecule has 0 aliphatic carbocycles. The number of primary amides is 1. The topological polar surface area (TPSA) is 68.2 Å². The Kier molecular flexibility index (Phi) is 3.19. The monoisotopic (exact) mass is 250 g/mol. The molecule has 2 rings (SSSR count). The van der Waals surface area contributed by atoms with Gasteiger partial charge in [-0.1, -0.05) is 13.0 Å². The van der Waals surface area contributed by atoms with Crippen LogP contribution in [0.5, 0.6) is 5.88 Å². The highest BCUT2D eigenvalue weighted by molar-refractivity contribution is 7.13. The van der Waals surface area contributed by atoms with Crippen molar-refractivity contribution < 1.29 is 9.90 Å². The Labute approximate surface area is 103 Å². The van der Waals surface area contributed by atoms with Crippen molar-refractivity contribution in [3.63, 3.8) is 0 Å². The van der Waals surface area contributed by atoms with Crippen molar-refractivity contribution in [1.29, 1.82) is 0 Å². The predicted molar refractivity (Wildman–Crippen MR) is 67.9 cm³/mol. The van der Waals surface area contributed by atoms with Gasteiger partial charge >= 0.3 is 0 Å². The molecular formula is C12H14N2O2S. The molecule has 4 nitrogen and oxygen atoms in total. The Morgan fingerprint density at radius 2 is 2.41 bits per heavy atom. The largest absolute Gasteiger partial charge is 0.494 e. The van der Waals surface area contributed by atoms with E-state index in [1.54, 1.807) is 23.6 Å². The molecule has 0 fully saturated rings. The molecule has 0 radical (unpaired) electrons. The summed E-state index contributed by atoms with van der Waals surface area (Å²) in [6.45, 7) is 1.86. The Morgan fingerprint density at radius 3 is 2.94 bits per heavy atom. The molecule has 1 amide bonds. The summed E-state index contributed by atoms with van der Waals surface area (Å²) in [7, 11) is 0. The van der Waals surface area contributed by atoms with Crippen LogP contribution >= 0.6 is 11.3 Å². The van der Waals surface area contributed by atoms with Gasteiger partial charge in [-0.2, -0.15) is 0 Å². The minimum atomic E-state index is -0.497. The van der Waals surface area contributed by atoms with E-state index in [-0.39, 0.29) is 5.88 Å². The summed E-state index contributed by atoms with van der Waals surface area (Å²) in [5, 5.41) is 11.8. The van der Waals surface area contributed by atoms with Crippen molar-refractivity contribution in [2.75, 3.05) is 0 Å². The molecule has 1 atom stereocenters. The first-order chi connectivity index (χ1) is 8.13. The van der Waals surface area contributed by atoms with Crippen molar-refractivity contribution in [2.45, 2.75) is 19.4 Å². The van der Waals surface area contributed by atoms with Crippen LogP contribution in [0.4, 0.5) is 0 Å². The molecule has 0 unspecified atom stereocenters. The quantitative estimate of drug-likeness (QED) is 0.874. The Bertz CT molecular complexity index is 517. The fourth-order valence-electron chi connectivity index (χ4n) is 1.83. The maximum Gasteiger partial charge on any atom is 0.240 e. The van der Waals surface area contributed by atoms with Gasteiger partial charge in [-0.25, -0.2) is 0 Å². The fraction of sp³-hybridized carbons (Fsp3) is 0.250. The zero-order valence-electron chi connectivity index (χ0n) is 9.46. The first kappa shape index (κ1) is 11.7. The van der Waals surface area contributed by atoms with Crippen LogP contribution in [0.15, 0.2) is 29.8 Å². The van der Waals surface area contributed by atoms with Crippen LogP contribution in [-0.4, -0.2) is 15.6 Å². The van der Waals surface area contributed by atoms with Gasteiger partial charge in [0, 0.05) is 22.7 Å². The van der Waals surface area contributed by atoms with Crippen molar-refractivity contribution >= 4 is 17.2 Å². The maximum absolute atomic E-state index is 11.3. The summed E-state index contributed by atoms with van der Waals surface area (Å²) >= 11 is 1.59. The summed E-state index contributed by atoms with van der Waals surface area (Å²) in [6, 6.07) is 5.07. The number of nitrogens with two attached hydrogens (primary N) is 1. The minimum absolute atomic E-state index is 0.0686. The first-order valence-electron chi connectivity index (χ1n) is 5.37. The molecule has 0 saturated carbocycles. The molecule has 90 valence electrons. The predicted octanol–water partition coefficient (Wildman–Crippen LogP) is 2.36. The molecule has 0 saturated heterocycles. The number of carbonyl (C=O) groups excluding carboxylic acids is 1. The number of carbonyl (C=O) groups is 1. The van der Waals surface area contributed by atoms with Crippen LogP contribution in [-0.2, 0) is 4.79 Å². The number of hydrogen-bond donors (Lipinski definition) is 2. The van der Waals surface area contributed by atoms with Gasteiger partial charge in [0.25, 0.3) is 0 Å². The normalized spacial score (nSPS) is 12.5. The van der Waals surface area contributed by atoms with Crippen LogP contribution in [0.25, 0.3) is 10.4 Å². The van der Waals surface area contributed by atoms with Gasteiger partial charge in [-0.05, 0) is 17.9 Å². The van der Waals surface area contributed by atoms with E-state index >= 15 is 0 Å². The summed E-state index contributed by atoms with van der Waals surface area (Å²) in [6.07, 6.45) is 2.32. The lowest BCUT2D eigenvalue weighted by molar-refractivity contribution is -0.121. The van der Waals surface area contributed by atoms with E-state index in [0.29, 0.717) is 6.42 Å². The van der Waals surface area contributed by atoms with Crippen LogP contribution < -0.4 is 5.73 Å². The van der Waals surface area contributed by atoms with Gasteiger partial charge in [0.1, 0.15) is 6.04 Å². The van der Waals surface area contributed by atoms with E-state index in [0.717, 1.165) is 10.4 Å². The standard InChI is InChI=1S/C12H14N2O2S/c1-2-9(12(13)16)14-7-8(6-11(14)15)10-4-3-5-17-10/h3-7,9,15H,2H2,1H3,(H2,13,16)/t9-/m0/s1. The van der Waals surface area contributed by atoms with Crippen LogP contribution in [0, 0.1) is 0 Å². The van der Waals surface area contributed by atoms with Crippen molar-refractivity contribution in [1.82, 2.24) is 4.57 Å². The van der Waals surface area contributed by atoms with Crippen molar-refractivity contribution in [3.8, 4) is 16.3 Å². The SMILES string of the molecule is CC[C@@H](C(N)=O)n1cc(-c2cccs2)cc1O. The molecule has 0 aliphatic heterocycles. The van der Waals surface area contributed by atoms with Gasteiger partial charge in [0.05, 0.1) is 0 Å². The second-order valence-electron chi connectivity index (χ2n) is 3.80. The Hall–Kier alpha value is -1.75. The summed E-state index contributed by atoms with van der Waals surface area (Å²) in [5.41, 5.74) is 6.21. The van der Waals surface area contributed by atoms with Gasteiger partial charge < -0.3 is 15.4 Å². The Balaban J connectivity index is 2.40. The molecule has 17 heavy (non-hydrogen) atoms. The molecule has 2 aromatic heterocycles. The number of aromatic nitrogens is 1. The lowest BCUT2D eigenvalue weighted by atomic mass is 10.2. The van der Waals surface area contributed by atoms with Gasteiger partial charge in [0.15, 0.2) is 5.88 Å². The van der Waals surface area contributed by atoms with E-state index in [4.69, 9.17) is 5.73 Å². The molecule has 5 heteroatoms. The van der Waals surface area contributed by atoms with Crippen LogP contribution in [0.2, 0.25) is 0 Å². The third-order valence-electron chi connectivity index (χ3n) is 2.68. The van der Waals surface area contributed by atoms with Gasteiger partial charge in [-0.15, -0.1) is 11.3 Å². The van der Waals surface area contributed by atoms with Gasteiger partial charge in [0.2, 0.25) is 5.91 Å². The highest BCUT2D eigenvalue weighted by Gasteiger charge is 2.19. The molecule has 0 bridgehead atoms. The second-order valence-corrected chi connectivity index (χ2v) is 4.75. The number of rotatable bonds is 4. The highest BCUT2D eigenvalue weighted by Crippen LogP contribution is 2.31. The van der Waals surface area contributed by atoms with E-state index in [9.17, 15) is 9.90 Å². The molecule has 0 aliphatic rings. The fourth-order valence-corrected chi connectivity index (χ4v) is 2.54. The number of amides is 1.